The molecule has 2 N–H and O–H groups in total. The lowest BCUT2D eigenvalue weighted by molar-refractivity contribution is 0.0919. The van der Waals surface area contributed by atoms with Gasteiger partial charge in [-0.2, -0.15) is 0 Å². The largest absolute Gasteiger partial charge is 0.387 e. The summed E-state index contributed by atoms with van der Waals surface area (Å²) in [6.07, 6.45) is -0.206. The van der Waals surface area contributed by atoms with Crippen molar-refractivity contribution in [2.24, 2.45) is 0 Å². The maximum absolute atomic E-state index is 13.3. The first-order valence-corrected chi connectivity index (χ1v) is 7.76. The number of amides is 1. The van der Waals surface area contributed by atoms with Crippen LogP contribution in [0.15, 0.2) is 29.6 Å². The highest BCUT2D eigenvalue weighted by molar-refractivity contribution is 7.12. The number of hydrogen-bond acceptors (Lipinski definition) is 3. The first-order chi connectivity index (χ1) is 10.0. The van der Waals surface area contributed by atoms with E-state index >= 15 is 0 Å². The zero-order chi connectivity index (χ0) is 15.4. The third kappa shape index (κ3) is 3.81. The van der Waals surface area contributed by atoms with Gasteiger partial charge in [-0.25, -0.2) is 4.39 Å². The quantitative estimate of drug-likeness (QED) is 0.882. The van der Waals surface area contributed by atoms with Gasteiger partial charge in [0, 0.05) is 6.54 Å². The van der Waals surface area contributed by atoms with Crippen molar-refractivity contribution in [1.29, 1.82) is 0 Å². The van der Waals surface area contributed by atoms with Crippen LogP contribution in [0.4, 0.5) is 4.39 Å². The van der Waals surface area contributed by atoms with Crippen LogP contribution in [0.25, 0.3) is 0 Å². The lowest BCUT2D eigenvalue weighted by Gasteiger charge is -2.12. The summed E-state index contributed by atoms with van der Waals surface area (Å²) in [5.41, 5.74) is 1.35. The molecule has 112 valence electrons. The van der Waals surface area contributed by atoms with Crippen LogP contribution in [-0.2, 0) is 6.42 Å². The molecule has 3 nitrogen and oxygen atoms in total. The van der Waals surface area contributed by atoms with Gasteiger partial charge in [-0.05, 0) is 41.1 Å². The number of nitrogens with one attached hydrogen (secondary N) is 1. The third-order valence-corrected chi connectivity index (χ3v) is 4.38. The molecule has 0 saturated heterocycles. The number of rotatable bonds is 5. The Morgan fingerprint density at radius 1 is 1.48 bits per heavy atom. The van der Waals surface area contributed by atoms with Crippen molar-refractivity contribution in [2.75, 3.05) is 6.54 Å². The van der Waals surface area contributed by atoms with E-state index in [1.807, 2.05) is 18.4 Å². The fraction of sp³-hybridized carbons (Fsp3) is 0.267. The van der Waals surface area contributed by atoms with Crippen molar-refractivity contribution in [3.05, 3.63) is 56.5 Å². The minimum absolute atomic E-state index is 0.00107. The van der Waals surface area contributed by atoms with Crippen molar-refractivity contribution in [3.63, 3.8) is 0 Å². The normalized spacial score (nSPS) is 12.2. The van der Waals surface area contributed by atoms with Crippen LogP contribution in [-0.4, -0.2) is 17.6 Å². The van der Waals surface area contributed by atoms with E-state index < -0.39 is 11.9 Å². The van der Waals surface area contributed by atoms with Crippen LogP contribution in [0.2, 0.25) is 5.02 Å². The topological polar surface area (TPSA) is 49.3 Å². The summed E-state index contributed by atoms with van der Waals surface area (Å²) in [5.74, 6) is -0.818. The number of hydrogen-bond donors (Lipinski definition) is 2. The zero-order valence-electron chi connectivity index (χ0n) is 11.4. The van der Waals surface area contributed by atoms with E-state index in [2.05, 4.69) is 5.32 Å². The van der Waals surface area contributed by atoms with Gasteiger partial charge >= 0.3 is 0 Å². The molecule has 0 aliphatic heterocycles. The second-order valence-corrected chi connectivity index (χ2v) is 5.85. The van der Waals surface area contributed by atoms with Gasteiger partial charge in [0.05, 0.1) is 16.0 Å². The molecule has 2 rings (SSSR count). The predicted octanol–water partition coefficient (Wildman–Crippen LogP) is 3.57. The molecule has 2 aromatic rings. The van der Waals surface area contributed by atoms with Gasteiger partial charge in [0.15, 0.2) is 0 Å². The van der Waals surface area contributed by atoms with E-state index in [1.54, 1.807) is 0 Å². The third-order valence-electron chi connectivity index (χ3n) is 3.12. The molecule has 0 aliphatic rings. The molecule has 21 heavy (non-hydrogen) atoms. The SMILES string of the molecule is CCc1ccsc1C(=O)NCC(O)c1ccc(Cl)c(F)c1. The number of benzene rings is 1. The average molecular weight is 328 g/mol. The summed E-state index contributed by atoms with van der Waals surface area (Å²) >= 11 is 6.95. The fourth-order valence-corrected chi connectivity index (χ4v) is 2.95. The van der Waals surface area contributed by atoms with Gasteiger partial charge in [0.2, 0.25) is 0 Å². The molecule has 6 heteroatoms. The molecule has 0 spiro atoms. The van der Waals surface area contributed by atoms with Gasteiger partial charge in [0.25, 0.3) is 5.91 Å². The summed E-state index contributed by atoms with van der Waals surface area (Å²) in [5, 5.41) is 14.5. The van der Waals surface area contributed by atoms with Crippen molar-refractivity contribution >= 4 is 28.8 Å². The van der Waals surface area contributed by atoms with Crippen molar-refractivity contribution < 1.29 is 14.3 Å². The second kappa shape index (κ2) is 7.02. The Hall–Kier alpha value is -1.43. The van der Waals surface area contributed by atoms with Crippen LogP contribution >= 0.6 is 22.9 Å². The van der Waals surface area contributed by atoms with Crippen LogP contribution in [0, 0.1) is 5.82 Å². The van der Waals surface area contributed by atoms with E-state index in [0.717, 1.165) is 12.0 Å². The number of aliphatic hydroxyl groups is 1. The fourth-order valence-electron chi connectivity index (χ4n) is 1.92. The number of aryl methyl sites for hydroxylation is 1. The highest BCUT2D eigenvalue weighted by Crippen LogP contribution is 2.21. The highest BCUT2D eigenvalue weighted by atomic mass is 35.5. The Kier molecular flexibility index (Phi) is 5.33. The minimum atomic E-state index is -0.981. The Morgan fingerprint density at radius 3 is 2.90 bits per heavy atom. The van der Waals surface area contributed by atoms with Gasteiger partial charge in [-0.1, -0.05) is 24.6 Å². The molecule has 0 aliphatic carbocycles. The lowest BCUT2D eigenvalue weighted by Crippen LogP contribution is -2.28. The molecule has 1 unspecified atom stereocenters. The number of thiophene rings is 1. The van der Waals surface area contributed by atoms with Crippen molar-refractivity contribution in [2.45, 2.75) is 19.4 Å². The first-order valence-electron chi connectivity index (χ1n) is 6.50. The zero-order valence-corrected chi connectivity index (χ0v) is 13.0. The van der Waals surface area contributed by atoms with E-state index in [9.17, 15) is 14.3 Å². The van der Waals surface area contributed by atoms with Crippen LogP contribution in [0.1, 0.15) is 33.8 Å². The van der Waals surface area contributed by atoms with E-state index in [0.29, 0.717) is 10.4 Å². The predicted molar refractivity (Wildman–Crippen MR) is 82.4 cm³/mol. The maximum atomic E-state index is 13.3. The number of aliphatic hydroxyl groups excluding tert-OH is 1. The van der Waals surface area contributed by atoms with Gasteiger partial charge < -0.3 is 10.4 Å². The van der Waals surface area contributed by atoms with E-state index in [4.69, 9.17) is 11.6 Å². The number of halogens is 2. The molecule has 1 amide bonds. The maximum Gasteiger partial charge on any atom is 0.261 e. The number of carbonyl (C=O) groups is 1. The molecule has 1 aromatic heterocycles. The van der Waals surface area contributed by atoms with E-state index in [1.165, 1.54) is 29.5 Å². The Bertz CT molecular complexity index is 644. The van der Waals surface area contributed by atoms with Crippen molar-refractivity contribution in [3.8, 4) is 0 Å². The molecule has 0 radical (unpaired) electrons. The summed E-state index contributed by atoms with van der Waals surface area (Å²) in [6, 6.07) is 5.99. The van der Waals surface area contributed by atoms with Gasteiger partial charge in [-0.3, -0.25) is 4.79 Å². The highest BCUT2D eigenvalue weighted by Gasteiger charge is 2.15. The summed E-state index contributed by atoms with van der Waals surface area (Å²) < 4.78 is 13.3. The molecule has 0 bridgehead atoms. The molecule has 1 heterocycles. The Balaban J connectivity index is 1.99. The van der Waals surface area contributed by atoms with Crippen LogP contribution in [0.3, 0.4) is 0 Å². The summed E-state index contributed by atoms with van der Waals surface area (Å²) in [6.45, 7) is 1.99. The monoisotopic (exact) mass is 327 g/mol. The lowest BCUT2D eigenvalue weighted by atomic mass is 10.1. The van der Waals surface area contributed by atoms with E-state index in [-0.39, 0.29) is 17.5 Å². The molecule has 0 fully saturated rings. The Labute approximate surface area is 131 Å². The molecular formula is C15H15ClFNO2S. The van der Waals surface area contributed by atoms with Crippen LogP contribution < -0.4 is 5.32 Å². The molecule has 1 aromatic carbocycles. The standard InChI is InChI=1S/C15H15ClFNO2S/c1-2-9-5-6-21-14(9)15(20)18-8-13(19)10-3-4-11(16)12(17)7-10/h3-7,13,19H,2,8H2,1H3,(H,18,20). The summed E-state index contributed by atoms with van der Waals surface area (Å²) in [7, 11) is 0. The van der Waals surface area contributed by atoms with Gasteiger partial charge in [0.1, 0.15) is 5.82 Å². The number of carbonyl (C=O) groups excluding carboxylic acids is 1. The Morgan fingerprint density at radius 2 is 2.24 bits per heavy atom. The van der Waals surface area contributed by atoms with Crippen LogP contribution in [0.5, 0.6) is 0 Å². The molecule has 0 saturated carbocycles. The molecule has 1 atom stereocenters. The smallest absolute Gasteiger partial charge is 0.261 e. The van der Waals surface area contributed by atoms with Gasteiger partial charge in [-0.15, -0.1) is 11.3 Å². The molecular weight excluding hydrogens is 313 g/mol. The minimum Gasteiger partial charge on any atom is -0.387 e. The second-order valence-electron chi connectivity index (χ2n) is 4.53. The van der Waals surface area contributed by atoms with Crippen molar-refractivity contribution in [1.82, 2.24) is 5.32 Å². The first kappa shape index (κ1) is 15.9. The average Bonchev–Trinajstić information content (AvgIpc) is 2.95. The summed E-state index contributed by atoms with van der Waals surface area (Å²) in [4.78, 5) is 12.7.